The Hall–Kier alpha value is -3.15. The van der Waals surface area contributed by atoms with E-state index in [1.165, 1.54) is 30.3 Å². The van der Waals surface area contributed by atoms with Crippen molar-refractivity contribution < 1.29 is 49.6 Å². The molecule has 31 heavy (non-hydrogen) atoms. The van der Waals surface area contributed by atoms with Crippen molar-refractivity contribution in [3.63, 3.8) is 0 Å². The van der Waals surface area contributed by atoms with Crippen LogP contribution in [0.15, 0.2) is 46.9 Å². The van der Waals surface area contributed by atoms with Crippen molar-refractivity contribution in [1.29, 1.82) is 0 Å². The summed E-state index contributed by atoms with van der Waals surface area (Å²) in [6.45, 7) is -0.633. The van der Waals surface area contributed by atoms with E-state index in [0.29, 0.717) is 5.56 Å². The fraction of sp³-hybridized carbons (Fsp3) is 0.286. The summed E-state index contributed by atoms with van der Waals surface area (Å²) in [6.07, 6.45) is -7.56. The van der Waals surface area contributed by atoms with Gasteiger partial charge in [-0.15, -0.1) is 0 Å². The summed E-state index contributed by atoms with van der Waals surface area (Å²) in [7, 11) is 0. The van der Waals surface area contributed by atoms with Gasteiger partial charge in [0.2, 0.25) is 12.0 Å². The number of aliphatic hydroxyl groups excluding tert-OH is 4. The number of benzene rings is 2. The van der Waals surface area contributed by atoms with Crippen LogP contribution in [-0.2, 0) is 4.74 Å². The van der Waals surface area contributed by atoms with Crippen LogP contribution in [0.4, 0.5) is 0 Å². The van der Waals surface area contributed by atoms with E-state index in [9.17, 15) is 35.7 Å². The molecule has 1 aliphatic rings. The topological polar surface area (TPSA) is 171 Å². The van der Waals surface area contributed by atoms with Gasteiger partial charge in [0, 0.05) is 18.2 Å². The number of aliphatic hydroxyl groups is 4. The lowest BCUT2D eigenvalue weighted by atomic mass is 9.99. The van der Waals surface area contributed by atoms with E-state index in [4.69, 9.17) is 13.9 Å². The number of hydrogen-bond donors (Lipinski definition) is 7. The molecule has 5 atom stereocenters. The number of aromatic hydroxyl groups is 3. The van der Waals surface area contributed by atoms with E-state index in [0.717, 1.165) is 0 Å². The van der Waals surface area contributed by atoms with Crippen molar-refractivity contribution in [2.24, 2.45) is 0 Å². The van der Waals surface area contributed by atoms with E-state index in [-0.39, 0.29) is 34.0 Å². The molecule has 0 spiro atoms. The molecule has 2 aromatic carbocycles. The first-order chi connectivity index (χ1) is 14.8. The van der Waals surface area contributed by atoms with Crippen LogP contribution in [0.1, 0.15) is 0 Å². The van der Waals surface area contributed by atoms with Crippen LogP contribution >= 0.6 is 0 Å². The normalized spacial score (nSPS) is 26.1. The van der Waals surface area contributed by atoms with Crippen LogP contribution in [0.25, 0.3) is 22.3 Å². The van der Waals surface area contributed by atoms with Crippen LogP contribution in [0, 0.1) is 0 Å². The minimum atomic E-state index is -1.67. The first-order valence-electron chi connectivity index (χ1n) is 9.38. The van der Waals surface area contributed by atoms with Gasteiger partial charge in [0.1, 0.15) is 35.6 Å². The number of ether oxygens (including phenoxy) is 2. The van der Waals surface area contributed by atoms with Gasteiger partial charge in [-0.25, -0.2) is 4.42 Å². The summed E-state index contributed by atoms with van der Waals surface area (Å²) in [5, 5.41) is 69.6. The van der Waals surface area contributed by atoms with Gasteiger partial charge in [-0.2, -0.15) is 0 Å². The predicted octanol–water partition coefficient (Wildman–Crippen LogP) is 0.676. The lowest BCUT2D eigenvalue weighted by Gasteiger charge is -2.39. The largest absolute Gasteiger partial charge is 0.507 e. The Morgan fingerprint density at radius 3 is 2.35 bits per heavy atom. The fourth-order valence-electron chi connectivity index (χ4n) is 3.37. The van der Waals surface area contributed by atoms with Gasteiger partial charge >= 0.3 is 11.3 Å². The SMILES string of the molecule is OCC1O[C@@H](Oc2cc3c(O)cccc3[o+]c2-c2ccc(O)c(O)c2)C(O)[C@@H](O)[C@@H]1O. The zero-order valence-electron chi connectivity index (χ0n) is 16.0. The van der Waals surface area contributed by atoms with Crippen LogP contribution in [0.3, 0.4) is 0 Å². The molecule has 1 aromatic heterocycles. The molecule has 3 aromatic rings. The molecule has 7 N–H and O–H groups in total. The van der Waals surface area contributed by atoms with Crippen molar-refractivity contribution >= 4 is 11.0 Å². The van der Waals surface area contributed by atoms with Crippen molar-refractivity contribution in [2.75, 3.05) is 6.61 Å². The standard InChI is InChI=1S/C21H20O10/c22-8-16-17(26)18(27)19(28)21(31-16)30-15-7-10-11(23)2-1-3-14(10)29-20(15)9-4-5-12(24)13(25)6-9/h1-7,16-19,21-22,26-28H,8H2,(H2-,23,24,25)/p+1/t16?,17-,18+,19?,21-/m1/s1. The Labute approximate surface area is 175 Å². The van der Waals surface area contributed by atoms with Gasteiger partial charge < -0.3 is 45.2 Å². The average Bonchev–Trinajstić information content (AvgIpc) is 2.76. The third-order valence-electron chi connectivity index (χ3n) is 5.08. The Kier molecular flexibility index (Phi) is 5.56. The van der Waals surface area contributed by atoms with Gasteiger partial charge in [-0.05, 0) is 24.3 Å². The molecule has 10 nitrogen and oxygen atoms in total. The van der Waals surface area contributed by atoms with Crippen LogP contribution in [0.2, 0.25) is 0 Å². The van der Waals surface area contributed by atoms with Crippen molar-refractivity contribution in [1.82, 2.24) is 0 Å². The molecule has 1 saturated heterocycles. The van der Waals surface area contributed by atoms with Crippen LogP contribution < -0.4 is 4.74 Å². The van der Waals surface area contributed by atoms with Crippen molar-refractivity contribution in [2.45, 2.75) is 30.7 Å². The molecule has 2 heterocycles. The molecular formula is C21H21O10+. The minimum Gasteiger partial charge on any atom is -0.507 e. The second kappa shape index (κ2) is 8.17. The Balaban J connectivity index is 1.81. The van der Waals surface area contributed by atoms with Gasteiger partial charge in [-0.3, -0.25) is 0 Å². The predicted molar refractivity (Wildman–Crippen MR) is 105 cm³/mol. The monoisotopic (exact) mass is 433 g/mol. The zero-order chi connectivity index (χ0) is 22.3. The van der Waals surface area contributed by atoms with E-state index in [1.54, 1.807) is 12.1 Å². The molecule has 1 aliphatic heterocycles. The molecule has 0 bridgehead atoms. The third kappa shape index (κ3) is 3.82. The maximum absolute atomic E-state index is 10.3. The van der Waals surface area contributed by atoms with Gasteiger partial charge in [0.05, 0.1) is 12.2 Å². The number of phenolic OH excluding ortho intramolecular Hbond substituents is 3. The van der Waals surface area contributed by atoms with Crippen LogP contribution in [0.5, 0.6) is 23.0 Å². The van der Waals surface area contributed by atoms with Crippen LogP contribution in [-0.4, -0.2) is 73.1 Å². The quantitative estimate of drug-likeness (QED) is 0.229. The molecule has 4 rings (SSSR count). The summed E-state index contributed by atoms with van der Waals surface area (Å²) in [5.74, 6) is -0.852. The zero-order valence-corrected chi connectivity index (χ0v) is 16.0. The minimum absolute atomic E-state index is 0.0385. The fourth-order valence-corrected chi connectivity index (χ4v) is 3.37. The molecule has 0 radical (unpaired) electrons. The van der Waals surface area contributed by atoms with Gasteiger partial charge in [0.25, 0.3) is 0 Å². The highest BCUT2D eigenvalue weighted by molar-refractivity contribution is 5.87. The second-order valence-corrected chi connectivity index (χ2v) is 7.15. The summed E-state index contributed by atoms with van der Waals surface area (Å²) in [4.78, 5) is 0. The van der Waals surface area contributed by atoms with Crippen molar-refractivity contribution in [3.05, 3.63) is 42.5 Å². The Morgan fingerprint density at radius 2 is 1.65 bits per heavy atom. The number of hydrogen-bond acceptors (Lipinski definition) is 9. The molecule has 0 amide bonds. The van der Waals surface area contributed by atoms with Crippen molar-refractivity contribution in [3.8, 4) is 34.3 Å². The first-order valence-corrected chi connectivity index (χ1v) is 9.38. The highest BCUT2D eigenvalue weighted by Gasteiger charge is 2.45. The first kappa shape index (κ1) is 21.1. The summed E-state index contributed by atoms with van der Waals surface area (Å²) in [5.41, 5.74) is 0.573. The van der Waals surface area contributed by atoms with E-state index in [1.807, 2.05) is 0 Å². The molecule has 164 valence electrons. The highest BCUT2D eigenvalue weighted by atomic mass is 16.7. The second-order valence-electron chi connectivity index (χ2n) is 7.15. The summed E-state index contributed by atoms with van der Waals surface area (Å²) < 4.78 is 17.0. The number of rotatable bonds is 4. The Morgan fingerprint density at radius 1 is 0.871 bits per heavy atom. The summed E-state index contributed by atoms with van der Waals surface area (Å²) in [6, 6.07) is 9.92. The molecule has 0 saturated carbocycles. The lowest BCUT2D eigenvalue weighted by molar-refractivity contribution is -0.277. The number of fused-ring (bicyclic) bond motifs is 1. The maximum Gasteiger partial charge on any atom is 0.402 e. The average molecular weight is 433 g/mol. The highest BCUT2D eigenvalue weighted by Crippen LogP contribution is 2.40. The molecule has 1 fully saturated rings. The molecule has 2 unspecified atom stereocenters. The van der Waals surface area contributed by atoms with Gasteiger partial charge in [-0.1, -0.05) is 0 Å². The van der Waals surface area contributed by atoms with E-state index >= 15 is 0 Å². The number of phenols is 3. The van der Waals surface area contributed by atoms with Gasteiger partial charge in [0.15, 0.2) is 11.5 Å². The molecule has 10 heteroatoms. The smallest absolute Gasteiger partial charge is 0.402 e. The lowest BCUT2D eigenvalue weighted by Crippen LogP contribution is -2.60. The van der Waals surface area contributed by atoms with E-state index in [2.05, 4.69) is 0 Å². The molecular weight excluding hydrogens is 412 g/mol. The Bertz CT molecular complexity index is 1100. The maximum atomic E-state index is 10.3. The third-order valence-corrected chi connectivity index (χ3v) is 5.08. The summed E-state index contributed by atoms with van der Waals surface area (Å²) >= 11 is 0. The molecule has 0 aliphatic carbocycles. The van der Waals surface area contributed by atoms with E-state index < -0.39 is 43.1 Å².